The fourth-order valence-corrected chi connectivity index (χ4v) is 2.71. The molecule has 0 aliphatic carbocycles. The Morgan fingerprint density at radius 2 is 1.52 bits per heavy atom. The monoisotopic (exact) mass is 384 g/mol. The van der Waals surface area contributed by atoms with Crippen LogP contribution in [0.4, 0.5) is 22.0 Å². The molecule has 1 aliphatic heterocycles. The van der Waals surface area contributed by atoms with Gasteiger partial charge in [0.1, 0.15) is 18.1 Å². The van der Waals surface area contributed by atoms with Gasteiger partial charge in [-0.1, -0.05) is 0 Å². The number of ketones is 1. The van der Waals surface area contributed by atoms with Gasteiger partial charge in [-0.05, 0) is 38.0 Å². The van der Waals surface area contributed by atoms with Crippen LogP contribution in [0, 0.1) is 36.0 Å². The number of fused-ring (bicyclic) bond motifs is 1. The van der Waals surface area contributed by atoms with Gasteiger partial charge >= 0.3 is 0 Å². The van der Waals surface area contributed by atoms with E-state index in [2.05, 4.69) is 0 Å². The van der Waals surface area contributed by atoms with E-state index in [9.17, 15) is 26.7 Å². The molecular formula is C19H13F5O3. The van der Waals surface area contributed by atoms with Crippen molar-refractivity contribution in [2.75, 3.05) is 0 Å². The minimum atomic E-state index is -2.23. The van der Waals surface area contributed by atoms with Crippen LogP contribution in [0.1, 0.15) is 35.3 Å². The maximum absolute atomic E-state index is 13.7. The molecule has 3 rings (SSSR count). The van der Waals surface area contributed by atoms with Crippen LogP contribution in [-0.4, -0.2) is 5.78 Å². The molecule has 0 saturated carbocycles. The molecule has 3 nitrogen and oxygen atoms in total. The van der Waals surface area contributed by atoms with E-state index in [4.69, 9.17) is 9.47 Å². The zero-order valence-corrected chi connectivity index (χ0v) is 14.5. The molecule has 1 heterocycles. The third kappa shape index (κ3) is 3.05. The maximum Gasteiger partial charge on any atom is 0.232 e. The SMILES string of the molecule is CC(C)=C1Oc2cc(OCc3c(F)c(F)c(F)c(F)c3F)cc(C)c2C1=O. The minimum absolute atomic E-state index is 0.0537. The van der Waals surface area contributed by atoms with Crippen molar-refractivity contribution in [2.24, 2.45) is 0 Å². The summed E-state index contributed by atoms with van der Waals surface area (Å²) in [4.78, 5) is 12.3. The zero-order chi connectivity index (χ0) is 20.0. The van der Waals surface area contributed by atoms with Crippen molar-refractivity contribution in [2.45, 2.75) is 27.4 Å². The van der Waals surface area contributed by atoms with E-state index in [1.807, 2.05) is 0 Å². The van der Waals surface area contributed by atoms with Crippen molar-refractivity contribution < 1.29 is 36.2 Å². The average molecular weight is 384 g/mol. The van der Waals surface area contributed by atoms with E-state index < -0.39 is 41.3 Å². The van der Waals surface area contributed by atoms with Crippen molar-refractivity contribution in [1.29, 1.82) is 0 Å². The molecule has 142 valence electrons. The second-order valence-corrected chi connectivity index (χ2v) is 6.21. The lowest BCUT2D eigenvalue weighted by Gasteiger charge is -2.11. The largest absolute Gasteiger partial charge is 0.489 e. The maximum atomic E-state index is 13.7. The van der Waals surface area contributed by atoms with Crippen molar-refractivity contribution in [1.82, 2.24) is 0 Å². The highest BCUT2D eigenvalue weighted by Gasteiger charge is 2.31. The number of carbonyl (C=O) groups excluding carboxylic acids is 1. The number of Topliss-reactive ketones (excluding diaryl/α,β-unsaturated/α-hetero) is 1. The molecule has 2 aromatic carbocycles. The Kier molecular flexibility index (Phi) is 4.67. The fraction of sp³-hybridized carbons (Fsp3) is 0.211. The Hall–Kier alpha value is -2.90. The van der Waals surface area contributed by atoms with Crippen LogP contribution in [0.2, 0.25) is 0 Å². The van der Waals surface area contributed by atoms with Crippen LogP contribution in [-0.2, 0) is 6.61 Å². The van der Waals surface area contributed by atoms with Crippen LogP contribution >= 0.6 is 0 Å². The molecule has 0 radical (unpaired) electrons. The summed E-state index contributed by atoms with van der Waals surface area (Å²) in [6.07, 6.45) is 0. The van der Waals surface area contributed by atoms with E-state index in [1.165, 1.54) is 12.1 Å². The van der Waals surface area contributed by atoms with E-state index in [-0.39, 0.29) is 23.0 Å². The summed E-state index contributed by atoms with van der Waals surface area (Å²) in [5.41, 5.74) is 0.391. The number of allylic oxidation sites excluding steroid dienone is 2. The normalized spacial score (nSPS) is 12.9. The van der Waals surface area contributed by atoms with Crippen LogP contribution in [0.15, 0.2) is 23.5 Å². The number of aryl methyl sites for hydroxylation is 1. The van der Waals surface area contributed by atoms with Gasteiger partial charge in [-0.25, -0.2) is 22.0 Å². The number of benzene rings is 2. The van der Waals surface area contributed by atoms with Gasteiger partial charge in [-0.15, -0.1) is 0 Å². The summed E-state index contributed by atoms with van der Waals surface area (Å²) in [7, 11) is 0. The summed E-state index contributed by atoms with van der Waals surface area (Å²) in [6.45, 7) is 4.12. The number of rotatable bonds is 3. The molecule has 0 bridgehead atoms. The van der Waals surface area contributed by atoms with Gasteiger partial charge in [-0.2, -0.15) is 0 Å². The summed E-state index contributed by atoms with van der Waals surface area (Å²) in [5, 5.41) is 0. The Labute approximate surface area is 151 Å². The average Bonchev–Trinajstić information content (AvgIpc) is 2.95. The van der Waals surface area contributed by atoms with E-state index >= 15 is 0 Å². The van der Waals surface area contributed by atoms with Gasteiger partial charge in [0.2, 0.25) is 11.6 Å². The van der Waals surface area contributed by atoms with Gasteiger partial charge in [0.05, 0.1) is 11.1 Å². The Bertz CT molecular complexity index is 978. The molecule has 0 fully saturated rings. The molecule has 0 amide bonds. The lowest BCUT2D eigenvalue weighted by atomic mass is 10.0. The van der Waals surface area contributed by atoms with Gasteiger partial charge < -0.3 is 9.47 Å². The van der Waals surface area contributed by atoms with Gasteiger partial charge in [0.15, 0.2) is 29.0 Å². The topological polar surface area (TPSA) is 35.5 Å². The number of hydrogen-bond acceptors (Lipinski definition) is 3. The number of ether oxygens (including phenoxy) is 2. The first-order valence-electron chi connectivity index (χ1n) is 7.81. The summed E-state index contributed by atoms with van der Waals surface area (Å²) >= 11 is 0. The van der Waals surface area contributed by atoms with Gasteiger partial charge in [0, 0.05) is 6.07 Å². The van der Waals surface area contributed by atoms with Crippen molar-refractivity contribution in [3.63, 3.8) is 0 Å². The van der Waals surface area contributed by atoms with Crippen LogP contribution in [0.25, 0.3) is 0 Å². The fourth-order valence-electron chi connectivity index (χ4n) is 2.71. The van der Waals surface area contributed by atoms with Crippen LogP contribution in [0.5, 0.6) is 11.5 Å². The Morgan fingerprint density at radius 1 is 0.963 bits per heavy atom. The highest BCUT2D eigenvalue weighted by molar-refractivity contribution is 6.13. The zero-order valence-electron chi connectivity index (χ0n) is 14.5. The lowest BCUT2D eigenvalue weighted by molar-refractivity contribution is 0.101. The second kappa shape index (κ2) is 6.68. The Balaban J connectivity index is 1.93. The van der Waals surface area contributed by atoms with Crippen LogP contribution < -0.4 is 9.47 Å². The predicted molar refractivity (Wildman–Crippen MR) is 85.1 cm³/mol. The molecule has 0 N–H and O–H groups in total. The third-order valence-electron chi connectivity index (χ3n) is 4.06. The highest BCUT2D eigenvalue weighted by atomic mass is 19.2. The summed E-state index contributed by atoms with van der Waals surface area (Å²) in [6, 6.07) is 2.74. The van der Waals surface area contributed by atoms with E-state index in [0.29, 0.717) is 16.7 Å². The minimum Gasteiger partial charge on any atom is -0.489 e. The standard InChI is InChI=1S/C19H13F5O3/c1-7(2)19-18(25)12-8(3)4-9(5-11(12)27-19)26-6-10-13(20)15(22)17(24)16(23)14(10)21/h4-5H,6H2,1-3H3. The third-order valence-corrected chi connectivity index (χ3v) is 4.06. The summed E-state index contributed by atoms with van der Waals surface area (Å²) in [5.74, 6) is -10.1. The smallest absolute Gasteiger partial charge is 0.232 e. The van der Waals surface area contributed by atoms with Crippen LogP contribution in [0.3, 0.4) is 0 Å². The predicted octanol–water partition coefficient (Wildman–Crippen LogP) is 5.14. The molecule has 2 aromatic rings. The summed E-state index contributed by atoms with van der Waals surface area (Å²) < 4.78 is 77.7. The molecule has 0 aromatic heterocycles. The number of carbonyl (C=O) groups is 1. The first-order chi connectivity index (χ1) is 12.6. The van der Waals surface area contributed by atoms with Gasteiger partial charge in [0.25, 0.3) is 0 Å². The number of halogens is 5. The lowest BCUT2D eigenvalue weighted by Crippen LogP contribution is -2.10. The molecule has 8 heteroatoms. The quantitative estimate of drug-likeness (QED) is 0.318. The molecule has 0 spiro atoms. The van der Waals surface area contributed by atoms with E-state index in [0.717, 1.165) is 0 Å². The first kappa shape index (κ1) is 18.9. The molecule has 0 atom stereocenters. The number of hydrogen-bond donors (Lipinski definition) is 0. The molecule has 1 aliphatic rings. The second-order valence-electron chi connectivity index (χ2n) is 6.21. The Morgan fingerprint density at radius 3 is 2.07 bits per heavy atom. The van der Waals surface area contributed by atoms with Crippen molar-refractivity contribution in [3.8, 4) is 11.5 Å². The molecule has 0 saturated heterocycles. The van der Waals surface area contributed by atoms with Crippen molar-refractivity contribution >= 4 is 5.78 Å². The highest BCUT2D eigenvalue weighted by Crippen LogP contribution is 2.38. The molecular weight excluding hydrogens is 371 g/mol. The van der Waals surface area contributed by atoms with E-state index in [1.54, 1.807) is 20.8 Å². The van der Waals surface area contributed by atoms with Crippen molar-refractivity contribution in [3.05, 3.63) is 69.2 Å². The van der Waals surface area contributed by atoms with Gasteiger partial charge in [-0.3, -0.25) is 4.79 Å². The molecule has 27 heavy (non-hydrogen) atoms. The first-order valence-corrected chi connectivity index (χ1v) is 7.81. The molecule has 0 unspecified atom stereocenters.